The van der Waals surface area contributed by atoms with E-state index in [1.165, 1.54) is 83.5 Å². The lowest BCUT2D eigenvalue weighted by atomic mass is 10.1. The summed E-state index contributed by atoms with van der Waals surface area (Å²) in [5.41, 5.74) is 5.36. The molecule has 0 saturated heterocycles. The summed E-state index contributed by atoms with van der Waals surface area (Å²) in [6.07, 6.45) is 49.6. The normalized spacial score (nSPS) is 14.1. The van der Waals surface area contributed by atoms with Crippen molar-refractivity contribution in [3.63, 3.8) is 0 Å². The lowest BCUT2D eigenvalue weighted by Gasteiger charge is -2.20. The molecule has 308 valence electrons. The van der Waals surface area contributed by atoms with Gasteiger partial charge in [0.05, 0.1) is 19.8 Å². The van der Waals surface area contributed by atoms with Crippen LogP contribution in [-0.2, 0) is 27.9 Å². The van der Waals surface area contributed by atoms with Gasteiger partial charge in [-0.3, -0.25) is 13.8 Å². The van der Waals surface area contributed by atoms with Gasteiger partial charge in [-0.25, -0.2) is 4.57 Å². The van der Waals surface area contributed by atoms with Gasteiger partial charge < -0.3 is 20.1 Å². The van der Waals surface area contributed by atoms with Gasteiger partial charge in [-0.2, -0.15) is 0 Å². The number of carbonyl (C=O) groups is 1. The number of ether oxygens (including phenoxy) is 2. The van der Waals surface area contributed by atoms with Gasteiger partial charge in [-0.05, 0) is 57.8 Å². The molecule has 0 aromatic rings. The van der Waals surface area contributed by atoms with Crippen LogP contribution in [0.4, 0.5) is 0 Å². The van der Waals surface area contributed by atoms with Crippen molar-refractivity contribution in [1.82, 2.24) is 0 Å². The summed E-state index contributed by atoms with van der Waals surface area (Å²) in [4.78, 5) is 22.4. The van der Waals surface area contributed by atoms with Crippen molar-refractivity contribution in [2.45, 2.75) is 180 Å². The standard InChI is InChI=1S/C44H80NO7P/c1-3-5-7-9-11-13-15-16-17-18-19-20-21-22-23-24-25-26-27-28-30-32-34-36-39-49-41-43(42-51-53(47,48)50-40-38-45)52-44(46)37-35-33-31-29-14-12-10-8-6-4-2/h5,7,11,13,16-17,19-20,22-23,43H,3-4,6,8-10,12,14-15,18,21,24-42,45H2,1-2H3,(H,47,48)/b7-5-,13-11-,17-16-,20-19-,23-22-. The van der Waals surface area contributed by atoms with E-state index >= 15 is 0 Å². The monoisotopic (exact) mass is 766 g/mol. The molecule has 0 bridgehead atoms. The number of hydrogen-bond donors (Lipinski definition) is 2. The second-order valence-electron chi connectivity index (χ2n) is 13.8. The third kappa shape index (κ3) is 41.2. The number of hydrogen-bond acceptors (Lipinski definition) is 7. The molecule has 0 aromatic carbocycles. The number of unbranched alkanes of at least 4 members (excludes halogenated alkanes) is 17. The van der Waals surface area contributed by atoms with E-state index in [4.69, 9.17) is 24.3 Å². The summed E-state index contributed by atoms with van der Waals surface area (Å²) in [7, 11) is -4.27. The van der Waals surface area contributed by atoms with Gasteiger partial charge >= 0.3 is 13.8 Å². The van der Waals surface area contributed by atoms with Crippen LogP contribution in [0.3, 0.4) is 0 Å². The Morgan fingerprint density at radius 2 is 1.06 bits per heavy atom. The van der Waals surface area contributed by atoms with Crippen molar-refractivity contribution < 1.29 is 32.8 Å². The quantitative estimate of drug-likeness (QED) is 0.0274. The second-order valence-corrected chi connectivity index (χ2v) is 15.3. The molecule has 0 aliphatic heterocycles. The van der Waals surface area contributed by atoms with Gasteiger partial charge in [0.15, 0.2) is 0 Å². The number of carbonyl (C=O) groups excluding carboxylic acids is 1. The first-order chi connectivity index (χ1) is 25.9. The molecule has 0 amide bonds. The molecule has 0 rings (SSSR count). The predicted octanol–water partition coefficient (Wildman–Crippen LogP) is 12.6. The highest BCUT2D eigenvalue weighted by Gasteiger charge is 2.25. The van der Waals surface area contributed by atoms with Gasteiger partial charge in [-0.1, -0.05) is 171 Å². The van der Waals surface area contributed by atoms with E-state index in [9.17, 15) is 14.3 Å². The van der Waals surface area contributed by atoms with Crippen LogP contribution in [0.25, 0.3) is 0 Å². The minimum absolute atomic E-state index is 0.0973. The van der Waals surface area contributed by atoms with Crippen molar-refractivity contribution in [3.8, 4) is 0 Å². The Bertz CT molecular complexity index is 994. The molecular weight excluding hydrogens is 685 g/mol. The number of rotatable bonds is 40. The molecule has 0 fully saturated rings. The third-order valence-corrected chi connectivity index (χ3v) is 9.68. The van der Waals surface area contributed by atoms with E-state index in [1.54, 1.807) is 0 Å². The Balaban J connectivity index is 3.98. The molecule has 2 unspecified atom stereocenters. The average Bonchev–Trinajstić information content (AvgIpc) is 3.15. The molecule has 0 radical (unpaired) electrons. The van der Waals surface area contributed by atoms with Crippen LogP contribution in [-0.4, -0.2) is 49.9 Å². The van der Waals surface area contributed by atoms with Crippen molar-refractivity contribution in [3.05, 3.63) is 60.8 Å². The van der Waals surface area contributed by atoms with Gasteiger partial charge in [-0.15, -0.1) is 0 Å². The van der Waals surface area contributed by atoms with Gasteiger partial charge in [0.1, 0.15) is 6.10 Å². The summed E-state index contributed by atoms with van der Waals surface area (Å²) < 4.78 is 33.3. The number of phosphoric ester groups is 1. The van der Waals surface area contributed by atoms with Gasteiger partial charge in [0, 0.05) is 19.6 Å². The Kier molecular flexibility index (Phi) is 40.0. The first-order valence-electron chi connectivity index (χ1n) is 21.3. The predicted molar refractivity (Wildman–Crippen MR) is 224 cm³/mol. The van der Waals surface area contributed by atoms with Crippen LogP contribution in [0, 0.1) is 0 Å². The zero-order valence-corrected chi connectivity index (χ0v) is 34.9. The topological polar surface area (TPSA) is 117 Å². The largest absolute Gasteiger partial charge is 0.472 e. The first kappa shape index (κ1) is 51.2. The van der Waals surface area contributed by atoms with E-state index in [1.807, 2.05) is 0 Å². The summed E-state index contributed by atoms with van der Waals surface area (Å²) in [6.45, 7) is 4.77. The van der Waals surface area contributed by atoms with E-state index in [0.717, 1.165) is 70.6 Å². The maximum Gasteiger partial charge on any atom is 0.472 e. The minimum atomic E-state index is -4.27. The van der Waals surface area contributed by atoms with Crippen LogP contribution >= 0.6 is 7.82 Å². The third-order valence-electron chi connectivity index (χ3n) is 8.70. The van der Waals surface area contributed by atoms with E-state index in [-0.39, 0.29) is 32.3 Å². The van der Waals surface area contributed by atoms with Crippen molar-refractivity contribution in [1.29, 1.82) is 0 Å². The van der Waals surface area contributed by atoms with Gasteiger partial charge in [0.2, 0.25) is 0 Å². The number of esters is 1. The highest BCUT2D eigenvalue weighted by molar-refractivity contribution is 7.47. The molecule has 2 atom stereocenters. The molecular formula is C44H80NO7P. The van der Waals surface area contributed by atoms with Crippen LogP contribution < -0.4 is 5.73 Å². The minimum Gasteiger partial charge on any atom is -0.457 e. The summed E-state index contributed by atoms with van der Waals surface area (Å²) in [5, 5.41) is 0. The molecule has 9 heteroatoms. The summed E-state index contributed by atoms with van der Waals surface area (Å²) in [6, 6.07) is 0. The van der Waals surface area contributed by atoms with E-state index < -0.39 is 13.9 Å². The zero-order chi connectivity index (χ0) is 38.8. The van der Waals surface area contributed by atoms with E-state index in [2.05, 4.69) is 74.6 Å². The van der Waals surface area contributed by atoms with Crippen LogP contribution in [0.5, 0.6) is 0 Å². The van der Waals surface area contributed by atoms with E-state index in [0.29, 0.717) is 13.0 Å². The SMILES string of the molecule is CC/C=C\C/C=C\C/C=C\C/C=C\C/C=C\CCCCCCCCCCOCC(COP(=O)(O)OCCN)OC(=O)CCCCCCCCCCCC. The second kappa shape index (κ2) is 41.4. The molecule has 0 aliphatic carbocycles. The number of phosphoric acid groups is 1. The van der Waals surface area contributed by atoms with Crippen LogP contribution in [0.1, 0.15) is 174 Å². The van der Waals surface area contributed by atoms with Crippen molar-refractivity contribution >= 4 is 13.8 Å². The Hall–Kier alpha value is -1.80. The molecule has 0 heterocycles. The molecule has 0 aliphatic rings. The summed E-state index contributed by atoms with van der Waals surface area (Å²) in [5.74, 6) is -0.338. The fourth-order valence-electron chi connectivity index (χ4n) is 5.61. The maximum atomic E-state index is 12.5. The van der Waals surface area contributed by atoms with Crippen LogP contribution in [0.2, 0.25) is 0 Å². The lowest BCUT2D eigenvalue weighted by Crippen LogP contribution is -2.28. The molecule has 0 spiro atoms. The molecule has 3 N–H and O–H groups in total. The van der Waals surface area contributed by atoms with Gasteiger partial charge in [0.25, 0.3) is 0 Å². The van der Waals surface area contributed by atoms with Crippen LogP contribution in [0.15, 0.2) is 60.8 Å². The van der Waals surface area contributed by atoms with Crippen molar-refractivity contribution in [2.75, 3.05) is 33.0 Å². The fraction of sp³-hybridized carbons (Fsp3) is 0.750. The molecule has 0 aromatic heterocycles. The Morgan fingerprint density at radius 1 is 0.585 bits per heavy atom. The van der Waals surface area contributed by atoms with Crippen molar-refractivity contribution in [2.24, 2.45) is 5.73 Å². The maximum absolute atomic E-state index is 12.5. The Morgan fingerprint density at radius 3 is 1.58 bits per heavy atom. The summed E-state index contributed by atoms with van der Waals surface area (Å²) >= 11 is 0. The number of allylic oxidation sites excluding steroid dienone is 10. The smallest absolute Gasteiger partial charge is 0.457 e. The average molecular weight is 766 g/mol. The molecule has 8 nitrogen and oxygen atoms in total. The molecule has 53 heavy (non-hydrogen) atoms. The lowest BCUT2D eigenvalue weighted by molar-refractivity contribution is -0.154. The highest BCUT2D eigenvalue weighted by Crippen LogP contribution is 2.43. The number of nitrogens with two attached hydrogens (primary N) is 1. The fourth-order valence-corrected chi connectivity index (χ4v) is 6.38. The highest BCUT2D eigenvalue weighted by atomic mass is 31.2. The first-order valence-corrected chi connectivity index (χ1v) is 22.8. The Labute approximate surface area is 325 Å². The molecule has 0 saturated carbocycles. The zero-order valence-electron chi connectivity index (χ0n) is 34.0.